The molecule has 2 heterocycles. The van der Waals surface area contributed by atoms with Gasteiger partial charge in [-0.25, -0.2) is 8.78 Å². The molecule has 0 aliphatic rings. The second kappa shape index (κ2) is 8.81. The SMILES string of the molecule is COc1c(F)cc(F)cc1CCc1ccc(-c2ccc(CN(C)C)cc2)c2nncn12. The fourth-order valence-electron chi connectivity index (χ4n) is 3.84. The van der Waals surface area contributed by atoms with Gasteiger partial charge >= 0.3 is 0 Å². The van der Waals surface area contributed by atoms with Crippen molar-refractivity contribution in [3.63, 3.8) is 0 Å². The summed E-state index contributed by atoms with van der Waals surface area (Å²) < 4.78 is 34.7. The predicted octanol–water partition coefficient (Wildman–Crippen LogP) is 4.53. The number of fused-ring (bicyclic) bond motifs is 1. The van der Waals surface area contributed by atoms with Crippen molar-refractivity contribution in [3.05, 3.63) is 83.3 Å². The molecule has 0 unspecified atom stereocenters. The molecule has 2 aromatic heterocycles. The Labute approximate surface area is 179 Å². The molecule has 4 aromatic rings. The Bertz CT molecular complexity index is 1200. The van der Waals surface area contributed by atoms with E-state index < -0.39 is 11.6 Å². The average Bonchev–Trinajstić information content (AvgIpc) is 3.22. The number of halogens is 2. The molecular weight excluding hydrogens is 398 g/mol. The Morgan fingerprint density at radius 2 is 1.77 bits per heavy atom. The van der Waals surface area contributed by atoms with Gasteiger partial charge in [0.25, 0.3) is 0 Å². The van der Waals surface area contributed by atoms with Crippen LogP contribution in [0.1, 0.15) is 16.8 Å². The molecule has 0 aliphatic carbocycles. The number of aromatic nitrogens is 3. The van der Waals surface area contributed by atoms with Crippen LogP contribution in [0, 0.1) is 11.6 Å². The first kappa shape index (κ1) is 20.9. The van der Waals surface area contributed by atoms with E-state index in [1.165, 1.54) is 18.7 Å². The summed E-state index contributed by atoms with van der Waals surface area (Å²) in [5.41, 5.74) is 5.45. The lowest BCUT2D eigenvalue weighted by Crippen LogP contribution is -2.10. The van der Waals surface area contributed by atoms with Crippen molar-refractivity contribution < 1.29 is 13.5 Å². The standard InChI is InChI=1S/C24H24F2N4O/c1-29(2)14-16-4-6-17(7-5-16)21-11-10-20(30-15-27-28-24(21)30)9-8-18-12-19(25)13-22(26)23(18)31-3/h4-7,10-13,15H,8-9,14H2,1-3H3. The van der Waals surface area contributed by atoms with Gasteiger partial charge in [-0.3, -0.25) is 4.40 Å². The number of ether oxygens (including phenoxy) is 1. The highest BCUT2D eigenvalue weighted by Crippen LogP contribution is 2.28. The Hall–Kier alpha value is -3.32. The lowest BCUT2D eigenvalue weighted by molar-refractivity contribution is 0.378. The van der Waals surface area contributed by atoms with Gasteiger partial charge in [-0.05, 0) is 56.3 Å². The minimum Gasteiger partial charge on any atom is -0.493 e. The van der Waals surface area contributed by atoms with E-state index in [0.29, 0.717) is 18.4 Å². The molecule has 0 spiro atoms. The van der Waals surface area contributed by atoms with Gasteiger partial charge in [0.15, 0.2) is 17.2 Å². The molecular formula is C24H24F2N4O. The number of hydrogen-bond acceptors (Lipinski definition) is 4. The van der Waals surface area contributed by atoms with E-state index >= 15 is 0 Å². The second-order valence-corrected chi connectivity index (χ2v) is 7.78. The van der Waals surface area contributed by atoms with Crippen LogP contribution in [0.2, 0.25) is 0 Å². The fourth-order valence-corrected chi connectivity index (χ4v) is 3.84. The molecule has 0 saturated carbocycles. The smallest absolute Gasteiger partial charge is 0.168 e. The van der Waals surface area contributed by atoms with Crippen LogP contribution in [0.15, 0.2) is 54.9 Å². The Morgan fingerprint density at radius 1 is 1.00 bits per heavy atom. The summed E-state index contributed by atoms with van der Waals surface area (Å²) in [6, 6.07) is 14.6. The van der Waals surface area contributed by atoms with Crippen molar-refractivity contribution >= 4 is 5.65 Å². The van der Waals surface area contributed by atoms with Gasteiger partial charge in [0.05, 0.1) is 7.11 Å². The molecule has 0 atom stereocenters. The van der Waals surface area contributed by atoms with E-state index in [9.17, 15) is 8.78 Å². The number of rotatable bonds is 7. The summed E-state index contributed by atoms with van der Waals surface area (Å²) in [7, 11) is 5.47. The molecule has 5 nitrogen and oxygen atoms in total. The highest BCUT2D eigenvalue weighted by Gasteiger charge is 2.14. The van der Waals surface area contributed by atoms with Crippen LogP contribution in [0.4, 0.5) is 8.78 Å². The van der Waals surface area contributed by atoms with Crippen LogP contribution in [-0.2, 0) is 19.4 Å². The third-order valence-electron chi connectivity index (χ3n) is 5.24. The highest BCUT2D eigenvalue weighted by atomic mass is 19.1. The minimum absolute atomic E-state index is 0.0795. The van der Waals surface area contributed by atoms with Crippen LogP contribution < -0.4 is 4.74 Å². The number of pyridine rings is 1. The summed E-state index contributed by atoms with van der Waals surface area (Å²) in [5.74, 6) is -1.23. The van der Waals surface area contributed by atoms with Crippen molar-refractivity contribution in [2.75, 3.05) is 21.2 Å². The number of aryl methyl sites for hydroxylation is 2. The first-order valence-electron chi connectivity index (χ1n) is 10.0. The zero-order valence-electron chi connectivity index (χ0n) is 17.8. The normalized spacial score (nSPS) is 11.4. The summed E-state index contributed by atoms with van der Waals surface area (Å²) in [6.07, 6.45) is 2.64. The Balaban J connectivity index is 1.62. The molecule has 0 saturated heterocycles. The molecule has 4 rings (SSSR count). The molecule has 0 bridgehead atoms. The molecule has 2 aromatic carbocycles. The molecule has 7 heteroatoms. The minimum atomic E-state index is -0.694. The monoisotopic (exact) mass is 422 g/mol. The third kappa shape index (κ3) is 4.41. The summed E-state index contributed by atoms with van der Waals surface area (Å²) in [6.45, 7) is 0.879. The van der Waals surface area contributed by atoms with Crippen LogP contribution in [0.25, 0.3) is 16.8 Å². The van der Waals surface area contributed by atoms with Crippen LogP contribution in [-0.4, -0.2) is 40.7 Å². The van der Waals surface area contributed by atoms with Crippen LogP contribution in [0.3, 0.4) is 0 Å². The van der Waals surface area contributed by atoms with E-state index in [-0.39, 0.29) is 5.75 Å². The quantitative estimate of drug-likeness (QED) is 0.439. The van der Waals surface area contributed by atoms with E-state index in [2.05, 4.69) is 39.4 Å². The van der Waals surface area contributed by atoms with Gasteiger partial charge in [0.2, 0.25) is 0 Å². The first-order valence-corrected chi connectivity index (χ1v) is 10.0. The highest BCUT2D eigenvalue weighted by molar-refractivity contribution is 5.77. The first-order chi connectivity index (χ1) is 15.0. The van der Waals surface area contributed by atoms with E-state index in [4.69, 9.17) is 4.74 Å². The second-order valence-electron chi connectivity index (χ2n) is 7.78. The summed E-state index contributed by atoms with van der Waals surface area (Å²) in [4.78, 5) is 2.12. The number of nitrogens with zero attached hydrogens (tertiary/aromatic N) is 4. The topological polar surface area (TPSA) is 42.7 Å². The Kier molecular flexibility index (Phi) is 5.95. The number of methoxy groups -OCH3 is 1. The average molecular weight is 422 g/mol. The maximum Gasteiger partial charge on any atom is 0.168 e. The molecule has 160 valence electrons. The van der Waals surface area contributed by atoms with E-state index in [1.54, 1.807) is 6.33 Å². The molecule has 0 amide bonds. The van der Waals surface area contributed by atoms with Gasteiger partial charge in [0, 0.05) is 29.4 Å². The summed E-state index contributed by atoms with van der Waals surface area (Å²) >= 11 is 0. The van der Waals surface area contributed by atoms with E-state index in [0.717, 1.165) is 35.1 Å². The molecule has 31 heavy (non-hydrogen) atoms. The molecule has 0 N–H and O–H groups in total. The van der Waals surface area contributed by atoms with Crippen molar-refractivity contribution in [3.8, 4) is 16.9 Å². The lowest BCUT2D eigenvalue weighted by Gasteiger charge is -2.13. The predicted molar refractivity (Wildman–Crippen MR) is 116 cm³/mol. The zero-order chi connectivity index (χ0) is 22.0. The van der Waals surface area contributed by atoms with Gasteiger partial charge in [0.1, 0.15) is 12.1 Å². The van der Waals surface area contributed by atoms with Crippen LogP contribution in [0.5, 0.6) is 5.75 Å². The molecule has 0 aliphatic heterocycles. The Morgan fingerprint density at radius 3 is 2.48 bits per heavy atom. The maximum atomic E-state index is 14.0. The van der Waals surface area contributed by atoms with Crippen molar-refractivity contribution in [1.29, 1.82) is 0 Å². The zero-order valence-corrected chi connectivity index (χ0v) is 17.8. The maximum absolute atomic E-state index is 14.0. The van der Waals surface area contributed by atoms with Crippen molar-refractivity contribution in [2.24, 2.45) is 0 Å². The summed E-state index contributed by atoms with van der Waals surface area (Å²) in [5, 5.41) is 8.39. The van der Waals surface area contributed by atoms with Gasteiger partial charge < -0.3 is 9.64 Å². The number of hydrogen-bond donors (Lipinski definition) is 0. The lowest BCUT2D eigenvalue weighted by atomic mass is 10.0. The van der Waals surface area contributed by atoms with Crippen molar-refractivity contribution in [2.45, 2.75) is 19.4 Å². The largest absolute Gasteiger partial charge is 0.493 e. The van der Waals surface area contributed by atoms with Gasteiger partial charge in [-0.1, -0.05) is 24.3 Å². The van der Waals surface area contributed by atoms with Gasteiger partial charge in [-0.15, -0.1) is 10.2 Å². The van der Waals surface area contributed by atoms with E-state index in [1.807, 2.05) is 30.6 Å². The fraction of sp³-hybridized carbons (Fsp3) is 0.250. The molecule has 0 fully saturated rings. The third-order valence-corrected chi connectivity index (χ3v) is 5.24. The van der Waals surface area contributed by atoms with Crippen LogP contribution >= 0.6 is 0 Å². The number of benzene rings is 2. The van der Waals surface area contributed by atoms with Crippen molar-refractivity contribution in [1.82, 2.24) is 19.5 Å². The van der Waals surface area contributed by atoms with Gasteiger partial charge in [-0.2, -0.15) is 0 Å². The molecule has 0 radical (unpaired) electrons.